The summed E-state index contributed by atoms with van der Waals surface area (Å²) in [5, 5.41) is 0. The third-order valence-electron chi connectivity index (χ3n) is 4.17. The van der Waals surface area contributed by atoms with E-state index in [4.69, 9.17) is 5.73 Å². The molecule has 2 heterocycles. The average molecular weight is 166 g/mol. The van der Waals surface area contributed by atoms with Crippen LogP contribution in [0, 0.1) is 11.8 Å². The van der Waals surface area contributed by atoms with Crippen molar-refractivity contribution in [3.8, 4) is 0 Å². The third kappa shape index (κ3) is 0.882. The van der Waals surface area contributed by atoms with Crippen LogP contribution in [0.3, 0.4) is 0 Å². The molecule has 0 aromatic heterocycles. The molecule has 12 heavy (non-hydrogen) atoms. The fourth-order valence-corrected chi connectivity index (χ4v) is 3.74. The molecule has 3 fully saturated rings. The molecule has 0 radical (unpaired) electrons. The molecule has 2 saturated heterocycles. The van der Waals surface area contributed by atoms with Crippen LogP contribution >= 0.6 is 0 Å². The van der Waals surface area contributed by atoms with Gasteiger partial charge < -0.3 is 5.73 Å². The monoisotopic (exact) mass is 166 g/mol. The topological polar surface area (TPSA) is 29.3 Å². The summed E-state index contributed by atoms with van der Waals surface area (Å²) in [5.74, 6) is 1.99. The van der Waals surface area contributed by atoms with Gasteiger partial charge in [-0.3, -0.25) is 4.90 Å². The first kappa shape index (κ1) is 7.34. The molecule has 0 aromatic carbocycles. The number of hydrogen-bond acceptors (Lipinski definition) is 2. The molecule has 5 unspecified atom stereocenters. The Morgan fingerprint density at radius 2 is 2.17 bits per heavy atom. The van der Waals surface area contributed by atoms with Gasteiger partial charge in [-0.1, -0.05) is 0 Å². The van der Waals surface area contributed by atoms with Gasteiger partial charge in [-0.25, -0.2) is 0 Å². The Kier molecular flexibility index (Phi) is 1.50. The van der Waals surface area contributed by atoms with Crippen molar-refractivity contribution in [2.24, 2.45) is 17.6 Å². The van der Waals surface area contributed by atoms with Crippen LogP contribution < -0.4 is 5.73 Å². The zero-order valence-electron chi connectivity index (χ0n) is 7.58. The van der Waals surface area contributed by atoms with Gasteiger partial charge in [0, 0.05) is 18.6 Å². The van der Waals surface area contributed by atoms with E-state index in [1.54, 1.807) is 0 Å². The van der Waals surface area contributed by atoms with E-state index in [9.17, 15) is 0 Å². The third-order valence-corrected chi connectivity index (χ3v) is 4.17. The summed E-state index contributed by atoms with van der Waals surface area (Å²) >= 11 is 0. The van der Waals surface area contributed by atoms with Crippen molar-refractivity contribution in [2.75, 3.05) is 13.1 Å². The summed E-state index contributed by atoms with van der Waals surface area (Å²) in [6, 6.07) is 1.40. The average Bonchev–Trinajstić information content (AvgIpc) is 2.26. The Morgan fingerprint density at radius 1 is 1.25 bits per heavy atom. The van der Waals surface area contributed by atoms with Gasteiger partial charge >= 0.3 is 0 Å². The molecule has 2 N–H and O–H groups in total. The van der Waals surface area contributed by atoms with Crippen molar-refractivity contribution in [1.82, 2.24) is 4.90 Å². The van der Waals surface area contributed by atoms with Crippen LogP contribution in [-0.4, -0.2) is 30.1 Å². The highest BCUT2D eigenvalue weighted by Crippen LogP contribution is 2.45. The van der Waals surface area contributed by atoms with E-state index in [2.05, 4.69) is 4.90 Å². The van der Waals surface area contributed by atoms with Crippen LogP contribution in [0.4, 0.5) is 0 Å². The molecule has 68 valence electrons. The van der Waals surface area contributed by atoms with Crippen LogP contribution in [0.25, 0.3) is 0 Å². The Bertz CT molecular complexity index is 192. The summed E-state index contributed by atoms with van der Waals surface area (Å²) in [5.41, 5.74) is 6.03. The van der Waals surface area contributed by atoms with Gasteiger partial charge in [0.1, 0.15) is 0 Å². The van der Waals surface area contributed by atoms with Crippen LogP contribution in [0.5, 0.6) is 0 Å². The van der Waals surface area contributed by atoms with Crippen molar-refractivity contribution in [3.05, 3.63) is 0 Å². The Labute approximate surface area is 74.1 Å². The molecule has 3 rings (SSSR count). The highest BCUT2D eigenvalue weighted by Gasteiger charge is 2.47. The molecule has 2 nitrogen and oxygen atoms in total. The minimum absolute atomic E-state index is 0.513. The lowest BCUT2D eigenvalue weighted by atomic mass is 9.74. The SMILES string of the molecule is NC1CC2CN3CCCC2C3C1. The zero-order chi connectivity index (χ0) is 8.13. The summed E-state index contributed by atoms with van der Waals surface area (Å²) in [7, 11) is 0. The Balaban J connectivity index is 1.87. The second kappa shape index (κ2) is 2.46. The van der Waals surface area contributed by atoms with Crippen molar-refractivity contribution in [1.29, 1.82) is 0 Å². The van der Waals surface area contributed by atoms with E-state index in [-0.39, 0.29) is 0 Å². The fraction of sp³-hybridized carbons (Fsp3) is 1.00. The van der Waals surface area contributed by atoms with Crippen LogP contribution in [-0.2, 0) is 0 Å². The highest BCUT2D eigenvalue weighted by atomic mass is 15.2. The van der Waals surface area contributed by atoms with E-state index in [0.29, 0.717) is 6.04 Å². The molecule has 0 amide bonds. The first-order valence-electron chi connectivity index (χ1n) is 5.34. The van der Waals surface area contributed by atoms with Gasteiger partial charge in [0.15, 0.2) is 0 Å². The quantitative estimate of drug-likeness (QED) is 0.577. The van der Waals surface area contributed by atoms with E-state index in [0.717, 1.165) is 17.9 Å². The second-order valence-electron chi connectivity index (χ2n) is 4.86. The van der Waals surface area contributed by atoms with Crippen molar-refractivity contribution in [2.45, 2.75) is 37.8 Å². The summed E-state index contributed by atoms with van der Waals surface area (Å²) in [6.07, 6.45) is 5.50. The maximum Gasteiger partial charge on any atom is 0.0141 e. The van der Waals surface area contributed by atoms with E-state index in [1.807, 2.05) is 0 Å². The minimum Gasteiger partial charge on any atom is -0.328 e. The number of nitrogens with zero attached hydrogens (tertiary/aromatic N) is 1. The molecule has 2 aliphatic heterocycles. The minimum atomic E-state index is 0.513. The number of hydrogen-bond donors (Lipinski definition) is 1. The zero-order valence-corrected chi connectivity index (χ0v) is 7.58. The van der Waals surface area contributed by atoms with Crippen molar-refractivity contribution in [3.63, 3.8) is 0 Å². The molecule has 4 bridgehead atoms. The predicted molar refractivity (Wildman–Crippen MR) is 48.8 cm³/mol. The Hall–Kier alpha value is -0.0800. The van der Waals surface area contributed by atoms with E-state index in [1.165, 1.54) is 38.8 Å². The van der Waals surface area contributed by atoms with Crippen LogP contribution in [0.2, 0.25) is 0 Å². The molecule has 0 spiro atoms. The molecule has 1 saturated carbocycles. The van der Waals surface area contributed by atoms with Crippen LogP contribution in [0.1, 0.15) is 25.7 Å². The molecular formula is C10H18N2. The molecule has 5 atom stereocenters. The molecule has 1 aliphatic carbocycles. The van der Waals surface area contributed by atoms with E-state index >= 15 is 0 Å². The molecule has 3 aliphatic rings. The maximum absolute atomic E-state index is 6.03. The molecular weight excluding hydrogens is 148 g/mol. The fourth-order valence-electron chi connectivity index (χ4n) is 3.74. The summed E-state index contributed by atoms with van der Waals surface area (Å²) in [4.78, 5) is 2.70. The second-order valence-corrected chi connectivity index (χ2v) is 4.86. The molecule has 0 aromatic rings. The lowest BCUT2D eigenvalue weighted by molar-refractivity contribution is 0.136. The number of nitrogens with two attached hydrogens (primary N) is 1. The highest BCUT2D eigenvalue weighted by molar-refractivity contribution is 5.02. The van der Waals surface area contributed by atoms with Gasteiger partial charge in [-0.2, -0.15) is 0 Å². The van der Waals surface area contributed by atoms with Crippen molar-refractivity contribution < 1.29 is 0 Å². The van der Waals surface area contributed by atoms with Gasteiger partial charge in [0.05, 0.1) is 0 Å². The van der Waals surface area contributed by atoms with Gasteiger partial charge in [0.2, 0.25) is 0 Å². The lowest BCUT2D eigenvalue weighted by Gasteiger charge is -2.38. The van der Waals surface area contributed by atoms with Gasteiger partial charge in [-0.05, 0) is 44.1 Å². The standard InChI is InChI=1S/C10H18N2/c11-8-4-7-6-12-3-1-2-9(7)10(12)5-8/h7-10H,1-6,11H2. The smallest absolute Gasteiger partial charge is 0.0141 e. The summed E-state index contributed by atoms with van der Waals surface area (Å²) in [6.45, 7) is 2.72. The maximum atomic E-state index is 6.03. The van der Waals surface area contributed by atoms with E-state index < -0.39 is 0 Å². The van der Waals surface area contributed by atoms with Crippen LogP contribution in [0.15, 0.2) is 0 Å². The lowest BCUT2D eigenvalue weighted by Crippen LogP contribution is -2.44. The number of rotatable bonds is 0. The molecule has 2 heteroatoms. The van der Waals surface area contributed by atoms with Gasteiger partial charge in [0.25, 0.3) is 0 Å². The Morgan fingerprint density at radius 3 is 3.08 bits per heavy atom. The largest absolute Gasteiger partial charge is 0.328 e. The number of piperidine rings is 1. The predicted octanol–water partition coefficient (Wildman–Crippen LogP) is 0.818. The first-order valence-corrected chi connectivity index (χ1v) is 5.34. The van der Waals surface area contributed by atoms with Crippen molar-refractivity contribution >= 4 is 0 Å². The summed E-state index contributed by atoms with van der Waals surface area (Å²) < 4.78 is 0. The van der Waals surface area contributed by atoms with Gasteiger partial charge in [-0.15, -0.1) is 0 Å². The first-order chi connectivity index (χ1) is 5.84. The normalized spacial score (nSPS) is 57.2.